The molecule has 10 heteroatoms. The molecule has 0 unspecified atom stereocenters. The molecule has 2 N–H and O–H groups in total. The third-order valence-electron chi connectivity index (χ3n) is 6.73. The second-order valence-corrected chi connectivity index (χ2v) is 11.0. The number of nitrogens with one attached hydrogen (secondary N) is 1. The van der Waals surface area contributed by atoms with Crippen molar-refractivity contribution in [2.45, 2.75) is 56.6 Å². The van der Waals surface area contributed by atoms with Crippen LogP contribution < -0.4 is 5.32 Å². The van der Waals surface area contributed by atoms with Gasteiger partial charge in [0.15, 0.2) is 5.58 Å². The Morgan fingerprint density at radius 3 is 2.71 bits per heavy atom. The molecule has 3 aromatic rings. The highest BCUT2D eigenvalue weighted by Gasteiger charge is 2.41. The van der Waals surface area contributed by atoms with Crippen molar-refractivity contribution in [3.63, 3.8) is 0 Å². The molecule has 2 fully saturated rings. The van der Waals surface area contributed by atoms with Crippen LogP contribution in [0.15, 0.2) is 22.9 Å². The molecule has 1 aliphatic carbocycles. The van der Waals surface area contributed by atoms with E-state index < -0.39 is 15.6 Å². The number of nitrogens with zero attached hydrogens (tertiary/aromatic N) is 4. The Hall–Kier alpha value is -2.30. The number of hydrogen-bond acceptors (Lipinski definition) is 8. The molecule has 31 heavy (non-hydrogen) atoms. The Bertz CT molecular complexity index is 1230. The highest BCUT2D eigenvalue weighted by molar-refractivity contribution is 7.88. The third-order valence-corrected chi connectivity index (χ3v) is 8.03. The lowest BCUT2D eigenvalue weighted by molar-refractivity contribution is 0.0479. The third kappa shape index (κ3) is 3.77. The lowest BCUT2D eigenvalue weighted by Crippen LogP contribution is -2.42. The Labute approximate surface area is 180 Å². The molecule has 166 valence electrons. The second kappa shape index (κ2) is 7.39. The summed E-state index contributed by atoms with van der Waals surface area (Å²) in [4.78, 5) is 9.24. The van der Waals surface area contributed by atoms with Gasteiger partial charge in [0, 0.05) is 36.6 Å². The molecule has 9 nitrogen and oxygen atoms in total. The van der Waals surface area contributed by atoms with E-state index in [2.05, 4.69) is 15.5 Å². The van der Waals surface area contributed by atoms with Gasteiger partial charge in [0.2, 0.25) is 16.0 Å². The smallest absolute Gasteiger partial charge is 0.223 e. The topological polar surface area (TPSA) is 121 Å². The Morgan fingerprint density at radius 2 is 2.03 bits per heavy atom. The fourth-order valence-electron chi connectivity index (χ4n) is 4.95. The van der Waals surface area contributed by atoms with E-state index in [-0.39, 0.29) is 12.0 Å². The zero-order chi connectivity index (χ0) is 21.8. The van der Waals surface area contributed by atoms with Crippen molar-refractivity contribution >= 4 is 37.8 Å². The van der Waals surface area contributed by atoms with Crippen molar-refractivity contribution in [1.29, 1.82) is 0 Å². The Kier molecular flexibility index (Phi) is 4.91. The van der Waals surface area contributed by atoms with Gasteiger partial charge in [-0.25, -0.2) is 22.7 Å². The standard InChI is InChI=1S/C21H27N5O4S/c1-21(27)9-3-4-15(21)19-17-16(30-25-19)6-5-13-12-22-20(24-18(13)17)23-14-7-10-26(11-8-14)31(2,28)29/h5-6,12,14-15,27H,3-4,7-11H2,1-2H3,(H,22,23,24)/t15-,21+/m0/s1. The Morgan fingerprint density at radius 1 is 1.26 bits per heavy atom. The first-order valence-electron chi connectivity index (χ1n) is 10.7. The van der Waals surface area contributed by atoms with Crippen LogP contribution in [0.2, 0.25) is 0 Å². The highest BCUT2D eigenvalue weighted by Crippen LogP contribution is 2.45. The molecule has 5 rings (SSSR count). The van der Waals surface area contributed by atoms with E-state index in [1.54, 1.807) is 6.20 Å². The number of rotatable bonds is 4. The van der Waals surface area contributed by atoms with E-state index in [1.807, 2.05) is 19.1 Å². The maximum Gasteiger partial charge on any atom is 0.223 e. The van der Waals surface area contributed by atoms with Crippen molar-refractivity contribution in [3.8, 4) is 0 Å². The quantitative estimate of drug-likeness (QED) is 0.629. The van der Waals surface area contributed by atoms with Gasteiger partial charge in [-0.2, -0.15) is 0 Å². The lowest BCUT2D eigenvalue weighted by atomic mass is 9.88. The van der Waals surface area contributed by atoms with E-state index in [9.17, 15) is 13.5 Å². The first-order valence-corrected chi connectivity index (χ1v) is 12.6. The van der Waals surface area contributed by atoms with Crippen LogP contribution >= 0.6 is 0 Å². The number of fused-ring (bicyclic) bond motifs is 3. The summed E-state index contributed by atoms with van der Waals surface area (Å²) in [5, 5.41) is 20.2. The van der Waals surface area contributed by atoms with Gasteiger partial charge in [-0.3, -0.25) is 0 Å². The molecule has 2 atom stereocenters. The summed E-state index contributed by atoms with van der Waals surface area (Å²) in [7, 11) is -3.15. The van der Waals surface area contributed by atoms with E-state index in [0.29, 0.717) is 37.5 Å². The van der Waals surface area contributed by atoms with Gasteiger partial charge >= 0.3 is 0 Å². The van der Waals surface area contributed by atoms with Gasteiger partial charge < -0.3 is 14.9 Å². The van der Waals surface area contributed by atoms with Crippen molar-refractivity contribution in [2.75, 3.05) is 24.7 Å². The molecule has 1 saturated carbocycles. The molecule has 1 aliphatic heterocycles. The van der Waals surface area contributed by atoms with Crippen LogP contribution in [0.4, 0.5) is 5.95 Å². The molecule has 2 aromatic heterocycles. The van der Waals surface area contributed by atoms with Crippen LogP contribution in [0.25, 0.3) is 21.9 Å². The van der Waals surface area contributed by atoms with E-state index in [0.717, 1.165) is 41.2 Å². The van der Waals surface area contributed by atoms with Gasteiger partial charge in [0.1, 0.15) is 0 Å². The minimum atomic E-state index is -3.15. The molecule has 3 heterocycles. The SMILES string of the molecule is C[C@@]1(O)CCC[C@H]1c1noc2ccc3cnc(NC4CCN(S(C)(=O)=O)CC4)nc3c12. The average molecular weight is 446 g/mol. The van der Waals surface area contributed by atoms with Crippen molar-refractivity contribution in [2.24, 2.45) is 0 Å². The van der Waals surface area contributed by atoms with Crippen LogP contribution in [-0.2, 0) is 10.0 Å². The van der Waals surface area contributed by atoms with Gasteiger partial charge in [0.05, 0.1) is 28.5 Å². The van der Waals surface area contributed by atoms with Gasteiger partial charge in [-0.1, -0.05) is 5.16 Å². The van der Waals surface area contributed by atoms with Crippen LogP contribution in [0.5, 0.6) is 0 Å². The summed E-state index contributed by atoms with van der Waals surface area (Å²) in [6.45, 7) is 2.84. The molecule has 0 amide bonds. The fraction of sp³-hybridized carbons (Fsp3) is 0.571. The van der Waals surface area contributed by atoms with Gasteiger partial charge in [-0.15, -0.1) is 0 Å². The van der Waals surface area contributed by atoms with E-state index >= 15 is 0 Å². The summed E-state index contributed by atoms with van der Waals surface area (Å²) in [6, 6.07) is 3.88. The van der Waals surface area contributed by atoms with Crippen molar-refractivity contribution in [1.82, 2.24) is 19.4 Å². The molecule has 0 spiro atoms. The van der Waals surface area contributed by atoms with Crippen molar-refractivity contribution in [3.05, 3.63) is 24.0 Å². The van der Waals surface area contributed by atoms with Crippen LogP contribution in [-0.4, -0.2) is 63.9 Å². The largest absolute Gasteiger partial charge is 0.389 e. The summed E-state index contributed by atoms with van der Waals surface area (Å²) in [5.74, 6) is 0.411. The van der Waals surface area contributed by atoms with Crippen LogP contribution in [0.1, 0.15) is 50.6 Å². The summed E-state index contributed by atoms with van der Waals surface area (Å²) >= 11 is 0. The lowest BCUT2D eigenvalue weighted by Gasteiger charge is -2.30. The normalized spacial score (nSPS) is 26.1. The molecule has 0 radical (unpaired) electrons. The number of aromatic nitrogens is 3. The van der Waals surface area contributed by atoms with Gasteiger partial charge in [-0.05, 0) is 51.2 Å². The monoisotopic (exact) mass is 445 g/mol. The minimum absolute atomic E-state index is 0.0916. The molecule has 1 aromatic carbocycles. The zero-order valence-corrected chi connectivity index (χ0v) is 18.5. The van der Waals surface area contributed by atoms with Crippen LogP contribution in [0, 0.1) is 0 Å². The average Bonchev–Trinajstić information content (AvgIpc) is 3.30. The first-order chi connectivity index (χ1) is 14.7. The summed E-state index contributed by atoms with van der Waals surface area (Å²) < 4.78 is 30.6. The zero-order valence-electron chi connectivity index (χ0n) is 17.7. The number of benzene rings is 1. The summed E-state index contributed by atoms with van der Waals surface area (Å²) in [6.07, 6.45) is 6.97. The maximum atomic E-state index is 11.7. The number of hydrogen-bond donors (Lipinski definition) is 2. The second-order valence-electron chi connectivity index (χ2n) is 9.02. The minimum Gasteiger partial charge on any atom is -0.389 e. The summed E-state index contributed by atoms with van der Waals surface area (Å²) in [5.41, 5.74) is 1.35. The molecule has 2 aliphatic rings. The molecule has 1 saturated heterocycles. The molecule has 0 bridgehead atoms. The first kappa shape index (κ1) is 20.6. The number of aliphatic hydroxyl groups is 1. The predicted octanol–water partition coefficient (Wildman–Crippen LogP) is 2.63. The highest BCUT2D eigenvalue weighted by atomic mass is 32.2. The number of piperidine rings is 1. The molecular formula is C21H27N5O4S. The van der Waals surface area contributed by atoms with E-state index in [4.69, 9.17) is 9.51 Å². The number of sulfonamides is 1. The Balaban J connectivity index is 1.47. The maximum absolute atomic E-state index is 11.7. The predicted molar refractivity (Wildman–Crippen MR) is 117 cm³/mol. The van der Waals surface area contributed by atoms with Crippen molar-refractivity contribution < 1.29 is 18.0 Å². The van der Waals surface area contributed by atoms with Gasteiger partial charge in [0.25, 0.3) is 0 Å². The molecular weight excluding hydrogens is 418 g/mol. The van der Waals surface area contributed by atoms with E-state index in [1.165, 1.54) is 10.6 Å². The fourth-order valence-corrected chi connectivity index (χ4v) is 5.82. The van der Waals surface area contributed by atoms with Crippen LogP contribution in [0.3, 0.4) is 0 Å². The number of anilines is 1.